The van der Waals surface area contributed by atoms with Crippen molar-refractivity contribution in [3.05, 3.63) is 114 Å². The number of hydrogen-bond donors (Lipinski definition) is 1. The van der Waals surface area contributed by atoms with Crippen LogP contribution in [0.25, 0.3) is 11.1 Å². The molecule has 33 heavy (non-hydrogen) atoms. The summed E-state index contributed by atoms with van der Waals surface area (Å²) >= 11 is 0. The van der Waals surface area contributed by atoms with Crippen LogP contribution in [0, 0.1) is 5.82 Å². The van der Waals surface area contributed by atoms with Crippen molar-refractivity contribution in [2.45, 2.75) is 13.0 Å². The van der Waals surface area contributed by atoms with Crippen LogP contribution in [-0.4, -0.2) is 17.6 Å². The molecule has 0 saturated heterocycles. The van der Waals surface area contributed by atoms with Crippen LogP contribution in [-0.2, 0) is 13.0 Å². The van der Waals surface area contributed by atoms with Crippen LogP contribution < -0.4 is 9.64 Å². The molecule has 4 aromatic carbocycles. The molecule has 5 rings (SSSR count). The number of fused-ring (bicyclic) bond motifs is 1. The highest BCUT2D eigenvalue weighted by Crippen LogP contribution is 2.34. The Labute approximate surface area is 191 Å². The average molecular weight is 439 g/mol. The number of benzene rings is 4. The lowest BCUT2D eigenvalue weighted by Crippen LogP contribution is -2.19. The van der Waals surface area contributed by atoms with Gasteiger partial charge in [-0.15, -0.1) is 0 Å². The topological polar surface area (TPSA) is 49.8 Å². The third-order valence-electron chi connectivity index (χ3n) is 5.87. The van der Waals surface area contributed by atoms with Crippen molar-refractivity contribution < 1.29 is 19.0 Å². The van der Waals surface area contributed by atoms with Crippen LogP contribution >= 0.6 is 0 Å². The summed E-state index contributed by atoms with van der Waals surface area (Å²) in [6, 6.07) is 27.8. The Bertz CT molecular complexity index is 1300. The molecule has 1 aliphatic rings. The molecule has 0 aromatic heterocycles. The van der Waals surface area contributed by atoms with Crippen molar-refractivity contribution in [2.75, 3.05) is 11.4 Å². The van der Waals surface area contributed by atoms with E-state index in [9.17, 15) is 9.18 Å². The van der Waals surface area contributed by atoms with Crippen LogP contribution in [0.1, 0.15) is 21.5 Å². The molecule has 1 aliphatic heterocycles. The first-order valence-electron chi connectivity index (χ1n) is 10.8. The van der Waals surface area contributed by atoms with E-state index in [1.165, 1.54) is 23.3 Å². The normalized spacial score (nSPS) is 12.5. The van der Waals surface area contributed by atoms with E-state index in [1.54, 1.807) is 0 Å². The van der Waals surface area contributed by atoms with Crippen LogP contribution in [0.5, 0.6) is 11.5 Å². The lowest BCUT2D eigenvalue weighted by Gasteiger charge is -2.20. The van der Waals surface area contributed by atoms with Gasteiger partial charge in [0.1, 0.15) is 17.3 Å². The maximum absolute atomic E-state index is 14.5. The van der Waals surface area contributed by atoms with Gasteiger partial charge in [0, 0.05) is 24.3 Å². The standard InChI is InChI=1S/C28H22FNO3/c29-26-17-22(28(31)32)8-12-25(26)20-9-13-27-21(16-20)14-15-30(27)18-19-6-10-24(11-7-19)33-23-4-2-1-3-5-23/h1-13,16-17H,14-15,18H2,(H,31,32). The van der Waals surface area contributed by atoms with E-state index in [-0.39, 0.29) is 5.56 Å². The smallest absolute Gasteiger partial charge is 0.335 e. The zero-order chi connectivity index (χ0) is 22.8. The first kappa shape index (κ1) is 20.8. The molecule has 1 heterocycles. The molecule has 0 spiro atoms. The molecule has 0 amide bonds. The fourth-order valence-electron chi connectivity index (χ4n) is 4.19. The Morgan fingerprint density at radius 1 is 0.909 bits per heavy atom. The minimum Gasteiger partial charge on any atom is -0.478 e. The second-order valence-electron chi connectivity index (χ2n) is 8.07. The van der Waals surface area contributed by atoms with Crippen LogP contribution in [0.2, 0.25) is 0 Å². The zero-order valence-corrected chi connectivity index (χ0v) is 17.9. The fraction of sp³-hybridized carbons (Fsp3) is 0.107. The molecule has 5 heteroatoms. The Morgan fingerprint density at radius 3 is 2.39 bits per heavy atom. The summed E-state index contributed by atoms with van der Waals surface area (Å²) in [4.78, 5) is 13.4. The second kappa shape index (κ2) is 8.79. The van der Waals surface area contributed by atoms with Gasteiger partial charge in [-0.05, 0) is 71.6 Å². The highest BCUT2D eigenvalue weighted by Gasteiger charge is 2.20. The summed E-state index contributed by atoms with van der Waals surface area (Å²) in [5.74, 6) is -0.0526. The van der Waals surface area contributed by atoms with E-state index >= 15 is 0 Å². The van der Waals surface area contributed by atoms with Crippen LogP contribution in [0.15, 0.2) is 91.0 Å². The molecular weight excluding hydrogens is 417 g/mol. The maximum atomic E-state index is 14.5. The lowest BCUT2D eigenvalue weighted by molar-refractivity contribution is 0.0696. The summed E-state index contributed by atoms with van der Waals surface area (Å²) in [7, 11) is 0. The maximum Gasteiger partial charge on any atom is 0.335 e. The lowest BCUT2D eigenvalue weighted by atomic mass is 10.00. The number of carboxylic acids is 1. The van der Waals surface area contributed by atoms with Gasteiger partial charge in [0.2, 0.25) is 0 Å². The molecule has 4 aromatic rings. The van der Waals surface area contributed by atoms with Gasteiger partial charge in [0.15, 0.2) is 0 Å². The highest BCUT2D eigenvalue weighted by molar-refractivity contribution is 5.88. The van der Waals surface area contributed by atoms with E-state index in [2.05, 4.69) is 17.0 Å². The number of carbonyl (C=O) groups is 1. The quantitative estimate of drug-likeness (QED) is 0.370. The number of hydrogen-bond acceptors (Lipinski definition) is 3. The first-order chi connectivity index (χ1) is 16.1. The van der Waals surface area contributed by atoms with Gasteiger partial charge in [-0.1, -0.05) is 42.5 Å². The largest absolute Gasteiger partial charge is 0.478 e. The number of rotatable bonds is 6. The Balaban J connectivity index is 1.30. The fourth-order valence-corrected chi connectivity index (χ4v) is 4.19. The van der Waals surface area contributed by atoms with Gasteiger partial charge in [0.25, 0.3) is 0 Å². The number of nitrogens with zero attached hydrogens (tertiary/aromatic N) is 1. The highest BCUT2D eigenvalue weighted by atomic mass is 19.1. The molecule has 0 radical (unpaired) electrons. The molecule has 0 unspecified atom stereocenters. The summed E-state index contributed by atoms with van der Waals surface area (Å²) in [5, 5.41) is 9.05. The molecule has 4 nitrogen and oxygen atoms in total. The number of para-hydroxylation sites is 1. The molecule has 0 fully saturated rings. The Hall–Kier alpha value is -4.12. The summed E-state index contributed by atoms with van der Waals surface area (Å²) in [6.45, 7) is 1.67. The third-order valence-corrected chi connectivity index (χ3v) is 5.87. The summed E-state index contributed by atoms with van der Waals surface area (Å²) in [6.07, 6.45) is 0.882. The SMILES string of the molecule is O=C(O)c1ccc(-c2ccc3c(c2)CCN3Cc2ccc(Oc3ccccc3)cc2)c(F)c1. The summed E-state index contributed by atoms with van der Waals surface area (Å²) < 4.78 is 20.4. The van der Waals surface area contributed by atoms with Crippen molar-refractivity contribution in [3.63, 3.8) is 0 Å². The first-order valence-corrected chi connectivity index (χ1v) is 10.8. The Kier molecular flexibility index (Phi) is 5.53. The van der Waals surface area contributed by atoms with Gasteiger partial charge in [0.05, 0.1) is 5.56 Å². The third kappa shape index (κ3) is 4.44. The number of ether oxygens (including phenoxy) is 1. The van der Waals surface area contributed by atoms with Crippen molar-refractivity contribution in [1.29, 1.82) is 0 Å². The van der Waals surface area contributed by atoms with E-state index in [4.69, 9.17) is 9.84 Å². The molecule has 0 aliphatic carbocycles. The number of halogens is 1. The van der Waals surface area contributed by atoms with E-state index in [0.717, 1.165) is 48.3 Å². The molecule has 0 atom stereocenters. The average Bonchev–Trinajstić information content (AvgIpc) is 3.23. The zero-order valence-electron chi connectivity index (χ0n) is 17.9. The number of carboxylic acid groups (broad SMARTS) is 1. The van der Waals surface area contributed by atoms with Crippen molar-refractivity contribution in [1.82, 2.24) is 0 Å². The number of anilines is 1. The Morgan fingerprint density at radius 2 is 1.67 bits per heavy atom. The van der Waals surface area contributed by atoms with Gasteiger partial charge < -0.3 is 14.7 Å². The molecule has 0 saturated carbocycles. The van der Waals surface area contributed by atoms with Crippen LogP contribution in [0.3, 0.4) is 0 Å². The van der Waals surface area contributed by atoms with Crippen molar-refractivity contribution >= 4 is 11.7 Å². The van der Waals surface area contributed by atoms with Gasteiger partial charge in [-0.2, -0.15) is 0 Å². The monoisotopic (exact) mass is 439 g/mol. The van der Waals surface area contributed by atoms with Gasteiger partial charge in [-0.25, -0.2) is 9.18 Å². The van der Waals surface area contributed by atoms with Crippen molar-refractivity contribution in [2.24, 2.45) is 0 Å². The predicted molar refractivity (Wildman–Crippen MR) is 127 cm³/mol. The molecular formula is C28H22FNO3. The summed E-state index contributed by atoms with van der Waals surface area (Å²) in [5.41, 5.74) is 4.61. The minimum absolute atomic E-state index is 0.0521. The molecule has 0 bridgehead atoms. The minimum atomic E-state index is -1.13. The molecule has 164 valence electrons. The van der Waals surface area contributed by atoms with E-state index in [0.29, 0.717) is 5.56 Å². The van der Waals surface area contributed by atoms with Gasteiger partial charge in [-0.3, -0.25) is 0 Å². The van der Waals surface area contributed by atoms with Crippen LogP contribution in [0.4, 0.5) is 10.1 Å². The van der Waals surface area contributed by atoms with E-state index < -0.39 is 11.8 Å². The van der Waals surface area contributed by atoms with E-state index in [1.807, 2.05) is 60.7 Å². The number of aromatic carboxylic acids is 1. The second-order valence-corrected chi connectivity index (χ2v) is 8.07. The molecule has 1 N–H and O–H groups in total. The van der Waals surface area contributed by atoms with Crippen molar-refractivity contribution in [3.8, 4) is 22.6 Å². The van der Waals surface area contributed by atoms with Gasteiger partial charge >= 0.3 is 5.97 Å². The predicted octanol–water partition coefficient (Wildman–Crippen LogP) is 6.55.